The molecular formula is C11H18N2O3S. The fourth-order valence-corrected chi connectivity index (χ4v) is 2.14. The minimum atomic E-state index is -0.857. The number of amides is 1. The average molecular weight is 258 g/mol. The average Bonchev–Trinajstić information content (AvgIpc) is 2.74. The number of nitrogens with one attached hydrogen (secondary N) is 1. The number of carbonyl (C=O) groups is 2. The Bertz CT molecular complexity index is 320. The van der Waals surface area contributed by atoms with Crippen LogP contribution in [0.25, 0.3) is 0 Å². The smallest absolute Gasteiger partial charge is 0.310 e. The summed E-state index contributed by atoms with van der Waals surface area (Å²) in [5.41, 5.74) is 5.71. The summed E-state index contributed by atoms with van der Waals surface area (Å²) in [6.45, 7) is 0. The summed E-state index contributed by atoms with van der Waals surface area (Å²) in [5.74, 6) is -0.723. The Balaban J connectivity index is 2.33. The highest BCUT2D eigenvalue weighted by atomic mass is 32.2. The van der Waals surface area contributed by atoms with Gasteiger partial charge in [-0.05, 0) is 24.9 Å². The van der Waals surface area contributed by atoms with Crippen LogP contribution in [0.4, 0.5) is 0 Å². The molecule has 0 aromatic carbocycles. The van der Waals surface area contributed by atoms with Crippen LogP contribution in [0, 0.1) is 5.92 Å². The van der Waals surface area contributed by atoms with Crippen molar-refractivity contribution >= 4 is 23.6 Å². The fourth-order valence-electron chi connectivity index (χ4n) is 1.65. The van der Waals surface area contributed by atoms with E-state index in [0.29, 0.717) is 12.8 Å². The van der Waals surface area contributed by atoms with Gasteiger partial charge in [-0.1, -0.05) is 12.2 Å². The first-order chi connectivity index (χ1) is 8.04. The quantitative estimate of drug-likeness (QED) is 0.592. The second-order valence-corrected chi connectivity index (χ2v) is 5.05. The van der Waals surface area contributed by atoms with Gasteiger partial charge in [0.05, 0.1) is 12.0 Å². The summed E-state index contributed by atoms with van der Waals surface area (Å²) in [6, 6.07) is -0.719. The summed E-state index contributed by atoms with van der Waals surface area (Å²) in [6.07, 6.45) is 6.34. The van der Waals surface area contributed by atoms with Crippen molar-refractivity contribution in [2.24, 2.45) is 11.7 Å². The number of hydrogen-bond acceptors (Lipinski definition) is 4. The molecule has 0 radical (unpaired) electrons. The van der Waals surface area contributed by atoms with E-state index >= 15 is 0 Å². The lowest BCUT2D eigenvalue weighted by Crippen LogP contribution is -2.44. The molecule has 2 unspecified atom stereocenters. The lowest BCUT2D eigenvalue weighted by molar-refractivity contribution is -0.140. The van der Waals surface area contributed by atoms with E-state index in [1.54, 1.807) is 23.9 Å². The number of thioether (sulfide) groups is 1. The van der Waals surface area contributed by atoms with Crippen LogP contribution >= 0.6 is 11.8 Å². The van der Waals surface area contributed by atoms with Gasteiger partial charge in [0.25, 0.3) is 0 Å². The Kier molecular flexibility index (Phi) is 5.50. The van der Waals surface area contributed by atoms with Gasteiger partial charge in [-0.25, -0.2) is 0 Å². The molecule has 1 aliphatic rings. The SMILES string of the molecule is CSCC[C@@H](N)C(=O)NC1C=CC(C(=O)O)C1. The molecule has 0 spiro atoms. The lowest BCUT2D eigenvalue weighted by Gasteiger charge is -2.16. The van der Waals surface area contributed by atoms with Crippen LogP contribution in [-0.4, -0.2) is 41.1 Å². The van der Waals surface area contributed by atoms with Crippen molar-refractivity contribution < 1.29 is 14.7 Å². The molecule has 5 nitrogen and oxygen atoms in total. The molecule has 0 aromatic rings. The van der Waals surface area contributed by atoms with Gasteiger partial charge in [-0.3, -0.25) is 9.59 Å². The zero-order chi connectivity index (χ0) is 12.8. The van der Waals surface area contributed by atoms with Crippen molar-refractivity contribution in [3.8, 4) is 0 Å². The summed E-state index contributed by atoms with van der Waals surface area (Å²) >= 11 is 1.64. The van der Waals surface area contributed by atoms with Crippen LogP contribution in [-0.2, 0) is 9.59 Å². The molecule has 4 N–H and O–H groups in total. The highest BCUT2D eigenvalue weighted by Gasteiger charge is 2.26. The molecular weight excluding hydrogens is 240 g/mol. The highest BCUT2D eigenvalue weighted by molar-refractivity contribution is 7.98. The number of nitrogens with two attached hydrogens (primary N) is 1. The molecule has 1 rings (SSSR count). The Labute approximate surface area is 105 Å². The molecule has 0 fully saturated rings. The molecule has 96 valence electrons. The van der Waals surface area contributed by atoms with Gasteiger partial charge in [0.2, 0.25) is 5.91 Å². The van der Waals surface area contributed by atoms with E-state index in [-0.39, 0.29) is 11.9 Å². The molecule has 0 saturated heterocycles. The minimum Gasteiger partial charge on any atom is -0.481 e. The number of aliphatic carboxylic acids is 1. The van der Waals surface area contributed by atoms with Gasteiger partial charge in [0.1, 0.15) is 0 Å². The summed E-state index contributed by atoms with van der Waals surface area (Å²) < 4.78 is 0. The Morgan fingerprint density at radius 3 is 2.82 bits per heavy atom. The van der Waals surface area contributed by atoms with Gasteiger partial charge in [-0.15, -0.1) is 0 Å². The largest absolute Gasteiger partial charge is 0.481 e. The minimum absolute atomic E-state index is 0.205. The summed E-state index contributed by atoms with van der Waals surface area (Å²) in [5, 5.41) is 11.5. The number of rotatable bonds is 6. The van der Waals surface area contributed by atoms with E-state index in [2.05, 4.69) is 5.32 Å². The Morgan fingerprint density at radius 1 is 1.59 bits per heavy atom. The zero-order valence-corrected chi connectivity index (χ0v) is 10.6. The van der Waals surface area contributed by atoms with Crippen molar-refractivity contribution in [3.05, 3.63) is 12.2 Å². The van der Waals surface area contributed by atoms with Crippen LogP contribution in [0.15, 0.2) is 12.2 Å². The van der Waals surface area contributed by atoms with Gasteiger partial charge in [-0.2, -0.15) is 11.8 Å². The van der Waals surface area contributed by atoms with E-state index in [0.717, 1.165) is 5.75 Å². The van der Waals surface area contributed by atoms with Crippen LogP contribution in [0.2, 0.25) is 0 Å². The molecule has 0 aromatic heterocycles. The summed E-state index contributed by atoms with van der Waals surface area (Å²) in [4.78, 5) is 22.4. The maximum atomic E-state index is 11.7. The third-order valence-electron chi connectivity index (χ3n) is 2.70. The van der Waals surface area contributed by atoms with Crippen molar-refractivity contribution in [1.82, 2.24) is 5.32 Å². The first-order valence-corrected chi connectivity index (χ1v) is 6.90. The van der Waals surface area contributed by atoms with Gasteiger partial charge in [0.15, 0.2) is 0 Å². The maximum Gasteiger partial charge on any atom is 0.310 e. The highest BCUT2D eigenvalue weighted by Crippen LogP contribution is 2.18. The van der Waals surface area contributed by atoms with E-state index in [1.807, 2.05) is 6.26 Å². The zero-order valence-electron chi connectivity index (χ0n) is 9.76. The van der Waals surface area contributed by atoms with E-state index < -0.39 is 17.9 Å². The third-order valence-corrected chi connectivity index (χ3v) is 3.34. The number of carboxylic acid groups (broad SMARTS) is 1. The lowest BCUT2D eigenvalue weighted by atomic mass is 10.1. The molecule has 6 heteroatoms. The standard InChI is InChI=1S/C11H18N2O3S/c1-17-5-4-9(12)10(14)13-8-3-2-7(6-8)11(15)16/h2-3,7-9H,4-6,12H2,1H3,(H,13,14)(H,15,16)/t7?,8?,9-/m1/s1. The summed E-state index contributed by atoms with van der Waals surface area (Å²) in [7, 11) is 0. The van der Waals surface area contributed by atoms with Crippen molar-refractivity contribution in [2.75, 3.05) is 12.0 Å². The molecule has 0 heterocycles. The predicted octanol–water partition coefficient (Wildman–Crippen LogP) is 0.212. The molecule has 17 heavy (non-hydrogen) atoms. The first kappa shape index (κ1) is 14.1. The molecule has 0 saturated carbocycles. The van der Waals surface area contributed by atoms with Crippen LogP contribution in [0.3, 0.4) is 0 Å². The predicted molar refractivity (Wildman–Crippen MR) is 67.8 cm³/mol. The van der Waals surface area contributed by atoms with Gasteiger partial charge < -0.3 is 16.2 Å². The number of hydrogen-bond donors (Lipinski definition) is 3. The second kappa shape index (κ2) is 6.66. The van der Waals surface area contributed by atoms with Crippen molar-refractivity contribution in [2.45, 2.75) is 24.9 Å². The molecule has 3 atom stereocenters. The van der Waals surface area contributed by atoms with Crippen molar-refractivity contribution in [1.29, 1.82) is 0 Å². The van der Waals surface area contributed by atoms with Crippen molar-refractivity contribution in [3.63, 3.8) is 0 Å². The van der Waals surface area contributed by atoms with Crippen LogP contribution in [0.1, 0.15) is 12.8 Å². The van der Waals surface area contributed by atoms with Gasteiger partial charge >= 0.3 is 5.97 Å². The molecule has 0 bridgehead atoms. The molecule has 1 aliphatic carbocycles. The monoisotopic (exact) mass is 258 g/mol. The van der Waals surface area contributed by atoms with Crippen LogP contribution in [0.5, 0.6) is 0 Å². The van der Waals surface area contributed by atoms with E-state index in [9.17, 15) is 9.59 Å². The Hall–Kier alpha value is -1.01. The number of carbonyl (C=O) groups excluding carboxylic acids is 1. The normalized spacial score (nSPS) is 24.6. The first-order valence-electron chi connectivity index (χ1n) is 5.50. The van der Waals surface area contributed by atoms with E-state index in [4.69, 9.17) is 10.8 Å². The topological polar surface area (TPSA) is 92.4 Å². The molecule has 0 aliphatic heterocycles. The van der Waals surface area contributed by atoms with Crippen LogP contribution < -0.4 is 11.1 Å². The molecule has 1 amide bonds. The second-order valence-electron chi connectivity index (χ2n) is 4.07. The maximum absolute atomic E-state index is 11.7. The van der Waals surface area contributed by atoms with Gasteiger partial charge in [0, 0.05) is 6.04 Å². The third kappa shape index (κ3) is 4.40. The number of carboxylic acids is 1. The van der Waals surface area contributed by atoms with E-state index in [1.165, 1.54) is 0 Å². The Morgan fingerprint density at radius 2 is 2.29 bits per heavy atom. The fraction of sp³-hybridized carbons (Fsp3) is 0.636.